The topological polar surface area (TPSA) is 86.5 Å². The number of likely N-dealkylation sites (N-methyl/N-ethyl adjacent to an activating group) is 1. The van der Waals surface area contributed by atoms with E-state index in [1.165, 1.54) is 0 Å². The molecule has 0 unspecified atom stereocenters. The summed E-state index contributed by atoms with van der Waals surface area (Å²) in [6.07, 6.45) is 3.15. The van der Waals surface area contributed by atoms with Crippen LogP contribution in [0.2, 0.25) is 5.02 Å². The Bertz CT molecular complexity index is 1080. The number of carbonyl (C=O) groups excluding carboxylic acids is 1. The molecule has 2 N–H and O–H groups in total. The Labute approximate surface area is 178 Å². The molecule has 2 atom stereocenters. The molecular weight excluding hydrogens is 404 g/mol. The summed E-state index contributed by atoms with van der Waals surface area (Å²) < 4.78 is 1.70. The molecule has 1 fully saturated rings. The molecule has 1 amide bonds. The highest BCUT2D eigenvalue weighted by atomic mass is 35.5. The Morgan fingerprint density at radius 1 is 1.13 bits per heavy atom. The minimum absolute atomic E-state index is 0.0274. The maximum Gasteiger partial charge on any atom is 0.279 e. The van der Waals surface area contributed by atoms with E-state index in [1.54, 1.807) is 27.9 Å². The molecule has 4 heterocycles. The van der Waals surface area contributed by atoms with Crippen LogP contribution in [0.25, 0.3) is 5.69 Å². The number of hydrogen-bond acceptors (Lipinski definition) is 6. The number of benzene rings is 1. The van der Waals surface area contributed by atoms with E-state index < -0.39 is 6.10 Å². The minimum Gasteiger partial charge on any atom is -0.390 e. The maximum absolute atomic E-state index is 12.9. The monoisotopic (exact) mass is 424 g/mol. The summed E-state index contributed by atoms with van der Waals surface area (Å²) in [7, 11) is 1.84. The Morgan fingerprint density at radius 3 is 2.53 bits per heavy atom. The predicted octanol–water partition coefficient (Wildman–Crippen LogP) is 1.85. The van der Waals surface area contributed by atoms with E-state index in [-0.39, 0.29) is 11.9 Å². The zero-order chi connectivity index (χ0) is 20.8. The van der Waals surface area contributed by atoms with Gasteiger partial charge in [0.25, 0.3) is 5.91 Å². The molecule has 30 heavy (non-hydrogen) atoms. The number of pyridine rings is 1. The van der Waals surface area contributed by atoms with E-state index >= 15 is 0 Å². The van der Waals surface area contributed by atoms with Gasteiger partial charge in [-0.1, -0.05) is 11.6 Å². The van der Waals surface area contributed by atoms with Crippen molar-refractivity contribution in [2.75, 3.05) is 29.9 Å². The Balaban J connectivity index is 1.32. The molecule has 154 valence electrons. The van der Waals surface area contributed by atoms with Gasteiger partial charge in [0, 0.05) is 29.9 Å². The number of fused-ring (bicyclic) bond motifs is 1. The molecule has 0 saturated carbocycles. The number of aromatic nitrogens is 3. The molecule has 1 aromatic carbocycles. The van der Waals surface area contributed by atoms with Gasteiger partial charge in [-0.25, -0.2) is 9.67 Å². The highest BCUT2D eigenvalue weighted by Crippen LogP contribution is 2.29. The lowest BCUT2D eigenvalue weighted by molar-refractivity contribution is 0.0991. The second kappa shape index (κ2) is 7.39. The lowest BCUT2D eigenvalue weighted by atomic mass is 10.2. The van der Waals surface area contributed by atoms with E-state index in [4.69, 9.17) is 11.6 Å². The number of aliphatic hydroxyl groups is 1. The van der Waals surface area contributed by atoms with Gasteiger partial charge in [0.05, 0.1) is 36.3 Å². The van der Waals surface area contributed by atoms with Crippen molar-refractivity contribution in [3.8, 4) is 5.69 Å². The molecule has 2 aliphatic heterocycles. The lowest BCUT2D eigenvalue weighted by Crippen LogP contribution is -2.36. The number of halogens is 1. The van der Waals surface area contributed by atoms with Crippen LogP contribution in [0.15, 0.2) is 48.8 Å². The minimum atomic E-state index is -0.426. The molecule has 8 nitrogen and oxygen atoms in total. The van der Waals surface area contributed by atoms with Gasteiger partial charge in [0.15, 0.2) is 5.69 Å². The van der Waals surface area contributed by atoms with Crippen LogP contribution in [0, 0.1) is 0 Å². The van der Waals surface area contributed by atoms with E-state index in [1.807, 2.05) is 42.4 Å². The summed E-state index contributed by atoms with van der Waals surface area (Å²) in [6, 6.07) is 11.1. The molecule has 0 aliphatic carbocycles. The third kappa shape index (κ3) is 3.23. The average Bonchev–Trinajstić information content (AvgIpc) is 3.43. The average molecular weight is 425 g/mol. The van der Waals surface area contributed by atoms with Crippen molar-refractivity contribution in [2.45, 2.75) is 18.7 Å². The van der Waals surface area contributed by atoms with Gasteiger partial charge in [-0.15, -0.1) is 0 Å². The van der Waals surface area contributed by atoms with Crippen molar-refractivity contribution in [3.05, 3.63) is 65.1 Å². The summed E-state index contributed by atoms with van der Waals surface area (Å²) >= 11 is 5.94. The molecule has 0 bridgehead atoms. The van der Waals surface area contributed by atoms with Crippen molar-refractivity contribution < 1.29 is 9.90 Å². The van der Waals surface area contributed by atoms with E-state index in [0.29, 0.717) is 30.4 Å². The van der Waals surface area contributed by atoms with Crippen molar-refractivity contribution in [2.24, 2.45) is 0 Å². The molecule has 3 aromatic rings. The van der Waals surface area contributed by atoms with Crippen molar-refractivity contribution in [3.63, 3.8) is 0 Å². The van der Waals surface area contributed by atoms with Gasteiger partial charge in [-0.05, 0) is 43.4 Å². The summed E-state index contributed by atoms with van der Waals surface area (Å²) in [5, 5.41) is 18.3. The van der Waals surface area contributed by atoms with Crippen LogP contribution in [-0.4, -0.2) is 58.1 Å². The van der Waals surface area contributed by atoms with Gasteiger partial charge < -0.3 is 20.2 Å². The van der Waals surface area contributed by atoms with Crippen LogP contribution in [0.5, 0.6) is 0 Å². The molecule has 2 aromatic heterocycles. The van der Waals surface area contributed by atoms with Crippen molar-refractivity contribution >= 4 is 29.0 Å². The van der Waals surface area contributed by atoms with E-state index in [2.05, 4.69) is 15.4 Å². The van der Waals surface area contributed by atoms with Crippen LogP contribution < -0.4 is 15.1 Å². The number of aliphatic hydroxyl groups excluding tert-OH is 1. The number of hydrogen-bond donors (Lipinski definition) is 2. The molecule has 0 radical (unpaired) electrons. The normalized spacial score (nSPS) is 20.8. The fraction of sp³-hybridized carbons (Fsp3) is 0.286. The number of carbonyl (C=O) groups is 1. The van der Waals surface area contributed by atoms with Gasteiger partial charge in [0.2, 0.25) is 0 Å². The molecule has 1 saturated heterocycles. The molecule has 5 rings (SSSR count). The van der Waals surface area contributed by atoms with E-state index in [0.717, 1.165) is 22.8 Å². The summed E-state index contributed by atoms with van der Waals surface area (Å²) in [6.45, 7) is 1.68. The third-order valence-electron chi connectivity index (χ3n) is 5.69. The smallest absolute Gasteiger partial charge is 0.279 e. The molecule has 2 aliphatic rings. The quantitative estimate of drug-likeness (QED) is 0.664. The zero-order valence-corrected chi connectivity index (χ0v) is 17.1. The second-order valence-electron chi connectivity index (χ2n) is 7.56. The first-order chi connectivity index (χ1) is 14.5. The highest BCUT2D eigenvalue weighted by molar-refractivity contribution is 6.30. The standard InChI is InChI=1S/C21H21ClN6O2/c1-23-17-11-26(12-18(17)29)19-7-6-16(8-24-19)27-9-13-10-28(25-20(13)21(27)30)15-4-2-14(22)3-5-15/h2-8,10,17-18,23,29H,9,11-12H2,1H3/t17-,18-/m1/s1. The summed E-state index contributed by atoms with van der Waals surface area (Å²) in [4.78, 5) is 21.1. The predicted molar refractivity (Wildman–Crippen MR) is 114 cm³/mol. The third-order valence-corrected chi connectivity index (χ3v) is 5.94. The van der Waals surface area contributed by atoms with Crippen molar-refractivity contribution in [1.82, 2.24) is 20.1 Å². The molecule has 0 spiro atoms. The SMILES string of the molecule is CN[C@@H]1CN(c2ccc(N3Cc4cn(-c5ccc(Cl)cc5)nc4C3=O)cn2)C[C@H]1O. The Morgan fingerprint density at radius 2 is 1.90 bits per heavy atom. The first kappa shape index (κ1) is 19.0. The molecular formula is C21H21ClN6O2. The maximum atomic E-state index is 12.9. The lowest BCUT2D eigenvalue weighted by Gasteiger charge is -2.19. The summed E-state index contributed by atoms with van der Waals surface area (Å²) in [5.74, 6) is 0.645. The highest BCUT2D eigenvalue weighted by Gasteiger charge is 2.33. The zero-order valence-electron chi connectivity index (χ0n) is 16.4. The summed E-state index contributed by atoms with van der Waals surface area (Å²) in [5.41, 5.74) is 2.91. The first-order valence-electron chi connectivity index (χ1n) is 9.76. The number of nitrogens with one attached hydrogen (secondary N) is 1. The van der Waals surface area contributed by atoms with Gasteiger partial charge in [-0.2, -0.15) is 5.10 Å². The van der Waals surface area contributed by atoms with Crippen LogP contribution >= 0.6 is 11.6 Å². The fourth-order valence-corrected chi connectivity index (χ4v) is 4.12. The van der Waals surface area contributed by atoms with Crippen LogP contribution in [0.4, 0.5) is 11.5 Å². The van der Waals surface area contributed by atoms with Crippen LogP contribution in [0.1, 0.15) is 16.1 Å². The Kier molecular flexibility index (Phi) is 4.69. The number of rotatable bonds is 4. The molecule has 9 heteroatoms. The largest absolute Gasteiger partial charge is 0.390 e. The Hall–Kier alpha value is -2.94. The number of anilines is 2. The first-order valence-corrected chi connectivity index (χ1v) is 10.1. The van der Waals surface area contributed by atoms with Gasteiger partial charge in [0.1, 0.15) is 5.82 Å². The van der Waals surface area contributed by atoms with E-state index in [9.17, 15) is 9.90 Å². The van der Waals surface area contributed by atoms with Crippen molar-refractivity contribution in [1.29, 1.82) is 0 Å². The van der Waals surface area contributed by atoms with Crippen LogP contribution in [0.3, 0.4) is 0 Å². The number of nitrogens with zero attached hydrogens (tertiary/aromatic N) is 5. The number of β-amino-alcohol motifs (C(OH)–C–C–N with tert-alkyl or cyclic N) is 1. The van der Waals surface area contributed by atoms with Crippen LogP contribution in [-0.2, 0) is 6.54 Å². The second-order valence-corrected chi connectivity index (χ2v) is 7.99. The fourth-order valence-electron chi connectivity index (χ4n) is 3.99. The van der Waals surface area contributed by atoms with Gasteiger partial charge in [-0.3, -0.25) is 4.79 Å². The van der Waals surface area contributed by atoms with Gasteiger partial charge >= 0.3 is 0 Å². The number of amides is 1.